The molecule has 5 nitrogen and oxygen atoms in total. The molecule has 25 heavy (non-hydrogen) atoms. The van der Waals surface area contributed by atoms with Gasteiger partial charge in [0.05, 0.1) is 10.9 Å². The minimum Gasteiger partial charge on any atom is -0.354 e. The third kappa shape index (κ3) is 3.99. The van der Waals surface area contributed by atoms with Gasteiger partial charge in [0.2, 0.25) is 0 Å². The van der Waals surface area contributed by atoms with E-state index >= 15 is 0 Å². The van der Waals surface area contributed by atoms with Crippen LogP contribution in [0, 0.1) is 0 Å². The second-order valence-corrected chi connectivity index (χ2v) is 7.79. The highest BCUT2D eigenvalue weighted by Crippen LogP contribution is 2.36. The molecular weight excluding hydrogens is 354 g/mol. The second kappa shape index (κ2) is 7.93. The molecule has 1 aromatic carbocycles. The van der Waals surface area contributed by atoms with Gasteiger partial charge in [-0.05, 0) is 49.4 Å². The molecule has 1 aliphatic heterocycles. The Morgan fingerprint density at radius 3 is 2.88 bits per heavy atom. The maximum absolute atomic E-state index is 12.7. The van der Waals surface area contributed by atoms with Crippen molar-refractivity contribution < 1.29 is 9.59 Å². The first-order valence-electron chi connectivity index (χ1n) is 8.16. The SMILES string of the molecule is CNC(=O)c1ccc([C@H]2CCCN2C(=O)Nc2cccc(SC)c2)s1. The van der Waals surface area contributed by atoms with Crippen LogP contribution in [-0.4, -0.2) is 36.7 Å². The Morgan fingerprint density at radius 1 is 1.28 bits per heavy atom. The lowest BCUT2D eigenvalue weighted by Gasteiger charge is -2.24. The van der Waals surface area contributed by atoms with Gasteiger partial charge in [-0.25, -0.2) is 4.79 Å². The molecule has 2 aromatic rings. The van der Waals surface area contributed by atoms with Gasteiger partial charge in [-0.3, -0.25) is 4.79 Å². The molecule has 0 spiro atoms. The zero-order valence-corrected chi connectivity index (χ0v) is 15.9. The molecule has 2 heterocycles. The lowest BCUT2D eigenvalue weighted by atomic mass is 10.2. The number of urea groups is 1. The van der Waals surface area contributed by atoms with E-state index in [0.29, 0.717) is 4.88 Å². The number of benzene rings is 1. The Bertz CT molecular complexity index is 775. The highest BCUT2D eigenvalue weighted by molar-refractivity contribution is 7.98. The highest BCUT2D eigenvalue weighted by atomic mass is 32.2. The predicted molar refractivity (Wildman–Crippen MR) is 104 cm³/mol. The fourth-order valence-corrected chi connectivity index (χ4v) is 4.54. The number of carbonyl (C=O) groups excluding carboxylic acids is 2. The van der Waals surface area contributed by atoms with Crippen molar-refractivity contribution in [2.45, 2.75) is 23.8 Å². The molecule has 1 aromatic heterocycles. The summed E-state index contributed by atoms with van der Waals surface area (Å²) in [6.45, 7) is 0.728. The molecule has 0 unspecified atom stereocenters. The number of hydrogen-bond donors (Lipinski definition) is 2. The molecule has 132 valence electrons. The number of amides is 3. The summed E-state index contributed by atoms with van der Waals surface area (Å²) in [7, 11) is 1.62. The average Bonchev–Trinajstić information content (AvgIpc) is 3.30. The molecule has 1 atom stereocenters. The van der Waals surface area contributed by atoms with E-state index in [0.717, 1.165) is 34.8 Å². The number of nitrogens with zero attached hydrogens (tertiary/aromatic N) is 1. The first kappa shape index (κ1) is 17.8. The summed E-state index contributed by atoms with van der Waals surface area (Å²) >= 11 is 3.11. The summed E-state index contributed by atoms with van der Waals surface area (Å²) in [5.41, 5.74) is 0.805. The third-order valence-electron chi connectivity index (χ3n) is 4.24. The maximum atomic E-state index is 12.7. The Morgan fingerprint density at radius 2 is 2.12 bits per heavy atom. The minimum absolute atomic E-state index is 0.0344. The van der Waals surface area contributed by atoms with Gasteiger partial charge < -0.3 is 15.5 Å². The van der Waals surface area contributed by atoms with Gasteiger partial charge in [-0.1, -0.05) is 6.07 Å². The zero-order chi connectivity index (χ0) is 17.8. The van der Waals surface area contributed by atoms with E-state index < -0.39 is 0 Å². The average molecular weight is 376 g/mol. The molecule has 0 aliphatic carbocycles. The van der Waals surface area contributed by atoms with Gasteiger partial charge in [-0.15, -0.1) is 23.1 Å². The molecule has 1 saturated heterocycles. The van der Waals surface area contributed by atoms with E-state index in [1.54, 1.807) is 18.8 Å². The van der Waals surface area contributed by atoms with Crippen molar-refractivity contribution >= 4 is 40.7 Å². The van der Waals surface area contributed by atoms with E-state index in [4.69, 9.17) is 0 Å². The van der Waals surface area contributed by atoms with Gasteiger partial charge in [0.1, 0.15) is 0 Å². The van der Waals surface area contributed by atoms with Crippen molar-refractivity contribution in [3.8, 4) is 0 Å². The summed E-state index contributed by atoms with van der Waals surface area (Å²) in [6, 6.07) is 11.6. The van der Waals surface area contributed by atoms with E-state index in [9.17, 15) is 9.59 Å². The van der Waals surface area contributed by atoms with E-state index in [-0.39, 0.29) is 18.0 Å². The Balaban J connectivity index is 1.73. The van der Waals surface area contributed by atoms with E-state index in [1.807, 2.05) is 47.6 Å². The van der Waals surface area contributed by atoms with Crippen LogP contribution in [-0.2, 0) is 0 Å². The number of thioether (sulfide) groups is 1. The summed E-state index contributed by atoms with van der Waals surface area (Å²) in [6.07, 6.45) is 3.90. The van der Waals surface area contributed by atoms with Gasteiger partial charge in [0.25, 0.3) is 5.91 Å². The topological polar surface area (TPSA) is 61.4 Å². The fraction of sp³-hybridized carbons (Fsp3) is 0.333. The van der Waals surface area contributed by atoms with Crippen molar-refractivity contribution in [2.24, 2.45) is 0 Å². The molecule has 3 rings (SSSR count). The van der Waals surface area contributed by atoms with Crippen LogP contribution in [0.4, 0.5) is 10.5 Å². The molecule has 0 bridgehead atoms. The van der Waals surface area contributed by atoms with Gasteiger partial charge in [0.15, 0.2) is 0 Å². The highest BCUT2D eigenvalue weighted by Gasteiger charge is 2.31. The van der Waals surface area contributed by atoms with E-state index in [2.05, 4.69) is 10.6 Å². The monoisotopic (exact) mass is 375 g/mol. The number of carbonyl (C=O) groups is 2. The summed E-state index contributed by atoms with van der Waals surface area (Å²) in [5.74, 6) is -0.0841. The van der Waals surface area contributed by atoms with Crippen LogP contribution < -0.4 is 10.6 Å². The number of rotatable bonds is 4. The van der Waals surface area contributed by atoms with Crippen LogP contribution in [0.2, 0.25) is 0 Å². The van der Waals surface area contributed by atoms with Crippen LogP contribution in [0.25, 0.3) is 0 Å². The van der Waals surface area contributed by atoms with E-state index in [1.165, 1.54) is 11.3 Å². The predicted octanol–water partition coefficient (Wildman–Crippen LogP) is 4.20. The molecular formula is C18H21N3O2S2. The second-order valence-electron chi connectivity index (χ2n) is 5.79. The maximum Gasteiger partial charge on any atom is 0.322 e. The Hall–Kier alpha value is -1.99. The molecule has 7 heteroatoms. The van der Waals surface area contributed by atoms with Crippen LogP contribution in [0.1, 0.15) is 33.4 Å². The molecule has 1 aliphatic rings. The lowest BCUT2D eigenvalue weighted by molar-refractivity contribution is 0.0967. The first-order chi connectivity index (χ1) is 12.1. The van der Waals surface area contributed by atoms with Crippen molar-refractivity contribution in [2.75, 3.05) is 25.2 Å². The van der Waals surface area contributed by atoms with Crippen molar-refractivity contribution in [3.63, 3.8) is 0 Å². The quantitative estimate of drug-likeness (QED) is 0.788. The van der Waals surface area contributed by atoms with Crippen molar-refractivity contribution in [3.05, 3.63) is 46.2 Å². The van der Waals surface area contributed by atoms with Crippen molar-refractivity contribution in [1.29, 1.82) is 0 Å². The third-order valence-corrected chi connectivity index (χ3v) is 6.15. The fourth-order valence-electron chi connectivity index (χ4n) is 2.98. The zero-order valence-electron chi connectivity index (χ0n) is 14.2. The number of anilines is 1. The molecule has 1 fully saturated rings. The van der Waals surface area contributed by atoms with Gasteiger partial charge in [-0.2, -0.15) is 0 Å². The Kier molecular flexibility index (Phi) is 5.65. The van der Waals surface area contributed by atoms with Crippen LogP contribution in [0.3, 0.4) is 0 Å². The number of thiophene rings is 1. The van der Waals surface area contributed by atoms with Crippen LogP contribution >= 0.6 is 23.1 Å². The molecule has 0 saturated carbocycles. The largest absolute Gasteiger partial charge is 0.354 e. The normalized spacial score (nSPS) is 16.7. The molecule has 0 radical (unpaired) electrons. The molecule has 3 amide bonds. The van der Waals surface area contributed by atoms with Gasteiger partial charge in [0, 0.05) is 29.1 Å². The number of likely N-dealkylation sites (tertiary alicyclic amines) is 1. The standard InChI is InChI=1S/C18H21N3O2S2/c1-19-17(22)16-9-8-15(25-16)14-7-4-10-21(14)18(23)20-12-5-3-6-13(11-12)24-2/h3,5-6,8-9,11,14H,4,7,10H2,1-2H3,(H,19,22)(H,20,23)/t14-/m1/s1. The van der Waals surface area contributed by atoms with Crippen LogP contribution in [0.5, 0.6) is 0 Å². The number of nitrogens with one attached hydrogen (secondary N) is 2. The van der Waals surface area contributed by atoms with Crippen molar-refractivity contribution in [1.82, 2.24) is 10.2 Å². The number of hydrogen-bond acceptors (Lipinski definition) is 4. The molecule has 2 N–H and O–H groups in total. The summed E-state index contributed by atoms with van der Waals surface area (Å²) in [5, 5.41) is 5.64. The first-order valence-corrected chi connectivity index (χ1v) is 10.2. The minimum atomic E-state index is -0.0874. The lowest BCUT2D eigenvalue weighted by Crippen LogP contribution is -2.34. The smallest absolute Gasteiger partial charge is 0.322 e. The van der Waals surface area contributed by atoms with Crippen LogP contribution in [0.15, 0.2) is 41.3 Å². The van der Waals surface area contributed by atoms with Gasteiger partial charge >= 0.3 is 6.03 Å². The summed E-state index contributed by atoms with van der Waals surface area (Å²) < 4.78 is 0. The Labute approximate surface area is 155 Å². The summed E-state index contributed by atoms with van der Waals surface area (Å²) in [4.78, 5) is 29.2.